The number of carboxylic acids is 1. The van der Waals surface area contributed by atoms with Crippen LogP contribution in [0.5, 0.6) is 0 Å². The summed E-state index contributed by atoms with van der Waals surface area (Å²) in [5, 5.41) is 10.6. The Morgan fingerprint density at radius 1 is 1.11 bits per heavy atom. The molecule has 0 spiro atoms. The van der Waals surface area contributed by atoms with Crippen molar-refractivity contribution in [2.45, 2.75) is 17.4 Å². The molecule has 35 heavy (non-hydrogen) atoms. The van der Waals surface area contributed by atoms with Crippen molar-refractivity contribution in [3.05, 3.63) is 76.4 Å². The molecule has 0 saturated carbocycles. The lowest BCUT2D eigenvalue weighted by atomic mass is 10.1. The second kappa shape index (κ2) is 12.9. The summed E-state index contributed by atoms with van der Waals surface area (Å²) in [6.45, 7) is 0. The molecular formula is C26H27ClN2O4S2. The predicted molar refractivity (Wildman–Crippen MR) is 146 cm³/mol. The SMILES string of the molecule is CN(C)C(=O)CCS[C@@H](c1cccc(/C=C/c2ccc3ccc(Cl)cc3n2)c1)S(=O)CCC(=O)O. The molecule has 0 fully saturated rings. The van der Waals surface area contributed by atoms with Crippen LogP contribution in [0, 0.1) is 0 Å². The Balaban J connectivity index is 1.79. The van der Waals surface area contributed by atoms with Crippen molar-refractivity contribution >= 4 is 69.1 Å². The van der Waals surface area contributed by atoms with E-state index in [-0.39, 0.29) is 18.1 Å². The van der Waals surface area contributed by atoms with Crippen LogP contribution in [0.25, 0.3) is 23.1 Å². The molecule has 0 aliphatic rings. The molecule has 0 aliphatic carbocycles. The van der Waals surface area contributed by atoms with E-state index in [4.69, 9.17) is 16.7 Å². The molecule has 0 saturated heterocycles. The Kier molecular flexibility index (Phi) is 9.89. The lowest BCUT2D eigenvalue weighted by Crippen LogP contribution is -2.22. The van der Waals surface area contributed by atoms with Crippen molar-refractivity contribution < 1.29 is 18.9 Å². The molecule has 0 aliphatic heterocycles. The van der Waals surface area contributed by atoms with Crippen LogP contribution in [0.1, 0.15) is 34.2 Å². The van der Waals surface area contributed by atoms with Crippen LogP contribution >= 0.6 is 23.4 Å². The van der Waals surface area contributed by atoms with Crippen LogP contribution in [0.3, 0.4) is 0 Å². The van der Waals surface area contributed by atoms with Gasteiger partial charge in [-0.15, -0.1) is 11.8 Å². The second-order valence-electron chi connectivity index (χ2n) is 8.05. The minimum absolute atomic E-state index is 0.00609. The molecule has 1 N–H and O–H groups in total. The van der Waals surface area contributed by atoms with Gasteiger partial charge in [-0.3, -0.25) is 13.8 Å². The molecule has 6 nitrogen and oxygen atoms in total. The first-order valence-corrected chi connectivity index (χ1v) is 13.8. The third kappa shape index (κ3) is 8.19. The first kappa shape index (κ1) is 26.9. The number of hydrogen-bond acceptors (Lipinski definition) is 5. The van der Waals surface area contributed by atoms with E-state index in [1.54, 1.807) is 14.1 Å². The van der Waals surface area contributed by atoms with Crippen LogP contribution in [0.4, 0.5) is 0 Å². The van der Waals surface area contributed by atoms with Gasteiger partial charge in [0.05, 0.1) is 17.6 Å². The highest BCUT2D eigenvalue weighted by Crippen LogP contribution is 2.34. The zero-order valence-electron chi connectivity index (χ0n) is 19.5. The molecule has 184 valence electrons. The van der Waals surface area contributed by atoms with E-state index in [0.29, 0.717) is 17.2 Å². The standard InChI is InChI=1S/C26H27ClN2O4S2/c1-29(2)24(30)12-14-34-26(35(33)15-13-25(31)32)20-5-3-4-18(16-20)6-10-22-11-8-19-7-9-21(27)17-23(19)28-22/h3-11,16-17,26H,12-15H2,1-2H3,(H,31,32)/b10-6+/t26-,35?/m1/s1. The lowest BCUT2D eigenvalue weighted by molar-refractivity contribution is -0.136. The van der Waals surface area contributed by atoms with E-state index in [1.807, 2.05) is 66.7 Å². The number of hydrogen-bond donors (Lipinski definition) is 1. The lowest BCUT2D eigenvalue weighted by Gasteiger charge is -2.18. The largest absolute Gasteiger partial charge is 0.481 e. The molecule has 1 heterocycles. The maximum Gasteiger partial charge on any atom is 0.304 e. The van der Waals surface area contributed by atoms with Crippen LogP contribution in [-0.4, -0.2) is 56.7 Å². The summed E-state index contributed by atoms with van der Waals surface area (Å²) in [6.07, 6.45) is 3.98. The summed E-state index contributed by atoms with van der Waals surface area (Å²) in [7, 11) is 1.98. The van der Waals surface area contributed by atoms with Gasteiger partial charge in [-0.2, -0.15) is 0 Å². The number of fused-ring (bicyclic) bond motifs is 1. The van der Waals surface area contributed by atoms with E-state index in [9.17, 15) is 13.8 Å². The highest BCUT2D eigenvalue weighted by atomic mass is 35.5. The van der Waals surface area contributed by atoms with Gasteiger partial charge in [0, 0.05) is 53.2 Å². The van der Waals surface area contributed by atoms with Crippen molar-refractivity contribution in [3.8, 4) is 0 Å². The van der Waals surface area contributed by atoms with Crippen LogP contribution in [0.15, 0.2) is 54.6 Å². The van der Waals surface area contributed by atoms with Gasteiger partial charge in [-0.1, -0.05) is 48.0 Å². The monoisotopic (exact) mass is 530 g/mol. The van der Waals surface area contributed by atoms with Crippen molar-refractivity contribution in [3.63, 3.8) is 0 Å². The normalized spacial score (nSPS) is 13.1. The van der Waals surface area contributed by atoms with Crippen LogP contribution < -0.4 is 0 Å². The van der Waals surface area contributed by atoms with E-state index in [0.717, 1.165) is 27.7 Å². The average Bonchev–Trinajstić information content (AvgIpc) is 2.83. The van der Waals surface area contributed by atoms with Gasteiger partial charge in [0.25, 0.3) is 0 Å². The molecule has 1 unspecified atom stereocenters. The number of pyridine rings is 1. The highest BCUT2D eigenvalue weighted by molar-refractivity contribution is 8.10. The molecule has 3 aromatic rings. The second-order valence-corrected chi connectivity index (χ2v) is 11.6. The van der Waals surface area contributed by atoms with Crippen molar-refractivity contribution in [1.82, 2.24) is 9.88 Å². The third-order valence-corrected chi connectivity index (χ3v) is 8.80. The van der Waals surface area contributed by atoms with Gasteiger partial charge >= 0.3 is 5.97 Å². The minimum atomic E-state index is -1.41. The fourth-order valence-electron chi connectivity index (χ4n) is 3.29. The number of aromatic nitrogens is 1. The highest BCUT2D eigenvalue weighted by Gasteiger charge is 2.21. The maximum atomic E-state index is 13.0. The summed E-state index contributed by atoms with van der Waals surface area (Å²) < 4.78 is 12.6. The predicted octanol–water partition coefficient (Wildman–Crippen LogP) is 5.49. The molecule has 1 aromatic heterocycles. The van der Waals surface area contributed by atoms with Crippen LogP contribution in [-0.2, 0) is 20.4 Å². The van der Waals surface area contributed by atoms with E-state index >= 15 is 0 Å². The third-order valence-electron chi connectivity index (χ3n) is 5.14. The summed E-state index contributed by atoms with van der Waals surface area (Å²) in [5.41, 5.74) is 3.33. The number of carboxylic acid groups (broad SMARTS) is 1. The Bertz CT molecular complexity index is 1260. The topological polar surface area (TPSA) is 87.6 Å². The van der Waals surface area contributed by atoms with Crippen molar-refractivity contribution in [2.75, 3.05) is 25.6 Å². The molecule has 1 amide bonds. The van der Waals surface area contributed by atoms with Crippen molar-refractivity contribution in [1.29, 1.82) is 0 Å². The summed E-state index contributed by atoms with van der Waals surface area (Å²) in [6, 6.07) is 17.2. The van der Waals surface area contributed by atoms with E-state index in [1.165, 1.54) is 16.7 Å². The minimum Gasteiger partial charge on any atom is -0.481 e. The smallest absolute Gasteiger partial charge is 0.304 e. The number of thioether (sulfide) groups is 1. The fraction of sp³-hybridized carbons (Fsp3) is 0.269. The number of amides is 1. The molecule has 9 heteroatoms. The zero-order chi connectivity index (χ0) is 25.4. The van der Waals surface area contributed by atoms with Gasteiger partial charge in [0.15, 0.2) is 0 Å². The van der Waals surface area contributed by atoms with Crippen molar-refractivity contribution in [2.24, 2.45) is 0 Å². The Morgan fingerprint density at radius 2 is 1.89 bits per heavy atom. The quantitative estimate of drug-likeness (QED) is 0.352. The van der Waals surface area contributed by atoms with Gasteiger partial charge in [0.2, 0.25) is 5.91 Å². The number of aliphatic carboxylic acids is 1. The number of carbonyl (C=O) groups is 2. The summed E-state index contributed by atoms with van der Waals surface area (Å²) in [4.78, 5) is 29.1. The first-order valence-electron chi connectivity index (χ1n) is 11.0. The van der Waals surface area contributed by atoms with Gasteiger partial charge in [0.1, 0.15) is 4.58 Å². The summed E-state index contributed by atoms with van der Waals surface area (Å²) in [5.74, 6) is -0.443. The summed E-state index contributed by atoms with van der Waals surface area (Å²) >= 11 is 7.50. The number of nitrogens with zero attached hydrogens (tertiary/aromatic N) is 2. The van der Waals surface area contributed by atoms with E-state index in [2.05, 4.69) is 4.98 Å². The molecule has 2 aromatic carbocycles. The average molecular weight is 531 g/mol. The number of halogens is 1. The number of rotatable bonds is 11. The molecule has 0 bridgehead atoms. The van der Waals surface area contributed by atoms with Gasteiger partial charge in [-0.25, -0.2) is 4.98 Å². The Hall–Kier alpha value is -2.68. The fourth-order valence-corrected chi connectivity index (χ4v) is 6.52. The Labute approximate surface area is 216 Å². The molecule has 0 radical (unpaired) electrons. The Morgan fingerprint density at radius 3 is 2.63 bits per heavy atom. The molecule has 3 rings (SSSR count). The zero-order valence-corrected chi connectivity index (χ0v) is 21.9. The molecular weight excluding hydrogens is 504 g/mol. The van der Waals surface area contributed by atoms with Gasteiger partial charge < -0.3 is 10.0 Å². The van der Waals surface area contributed by atoms with Crippen LogP contribution in [0.2, 0.25) is 5.02 Å². The number of benzene rings is 2. The first-order chi connectivity index (χ1) is 16.7. The molecule has 2 atom stereocenters. The number of carbonyl (C=O) groups excluding carboxylic acids is 1. The maximum absolute atomic E-state index is 13.0. The van der Waals surface area contributed by atoms with Gasteiger partial charge in [-0.05, 0) is 41.5 Å². The van der Waals surface area contributed by atoms with E-state index < -0.39 is 21.4 Å².